The van der Waals surface area contributed by atoms with Gasteiger partial charge in [-0.2, -0.15) is 0 Å². The first-order valence-electron chi connectivity index (χ1n) is 19.2. The largest absolute Gasteiger partial charge is 0.0714 e. The zero-order valence-electron chi connectivity index (χ0n) is 30.1. The van der Waals surface area contributed by atoms with Crippen molar-refractivity contribution in [2.45, 2.75) is 5.41 Å². The second-order valence-electron chi connectivity index (χ2n) is 15.2. The van der Waals surface area contributed by atoms with E-state index in [4.69, 9.17) is 0 Å². The lowest BCUT2D eigenvalue weighted by molar-refractivity contribution is 0.770. The third kappa shape index (κ3) is 4.34. The highest BCUT2D eigenvalue weighted by atomic mass is 14.5. The minimum atomic E-state index is -0.507. The third-order valence-electron chi connectivity index (χ3n) is 12.4. The predicted octanol–water partition coefficient (Wildman–Crippen LogP) is 14.6. The average molecular weight is 695 g/mol. The van der Waals surface area contributed by atoms with Gasteiger partial charge in [-0.05, 0) is 146 Å². The van der Waals surface area contributed by atoms with Crippen LogP contribution in [-0.4, -0.2) is 0 Å². The molecule has 1 aliphatic carbocycles. The molecule has 11 aromatic carbocycles. The number of hydrogen-bond acceptors (Lipinski definition) is 0. The predicted molar refractivity (Wildman–Crippen MR) is 233 cm³/mol. The van der Waals surface area contributed by atoms with Crippen LogP contribution in [0.2, 0.25) is 0 Å². The van der Waals surface area contributed by atoms with Crippen molar-refractivity contribution in [2.75, 3.05) is 0 Å². The van der Waals surface area contributed by atoms with Gasteiger partial charge in [-0.1, -0.05) is 170 Å². The highest BCUT2D eigenvalue weighted by molar-refractivity contribution is 6.23. The average Bonchev–Trinajstić information content (AvgIpc) is 3.54. The quantitative estimate of drug-likeness (QED) is 0.161. The van der Waals surface area contributed by atoms with Gasteiger partial charge in [0, 0.05) is 0 Å². The Labute approximate surface area is 319 Å². The van der Waals surface area contributed by atoms with Gasteiger partial charge in [-0.25, -0.2) is 0 Å². The standard InChI is InChI=1S/C55H34/c1-3-16-45(17-4-1)55(46-18-5-2-6-19-46)51-32-39(44-30-42-25-22-36-13-9-14-37-23-26-43(31-44)54(42)53(36)37)27-28-48(51)50-34-49-40(33-52(50)55)15-10-20-47(49)41-24-21-35-11-7-8-12-38(35)29-41/h1-34H. The maximum Gasteiger partial charge on any atom is 0.0714 e. The molecule has 0 bridgehead atoms. The number of benzene rings is 11. The van der Waals surface area contributed by atoms with Crippen molar-refractivity contribution in [1.82, 2.24) is 0 Å². The first kappa shape index (κ1) is 30.4. The molecule has 0 saturated carbocycles. The minimum Gasteiger partial charge on any atom is -0.0622 e. The molecular weight excluding hydrogens is 661 g/mol. The number of hydrogen-bond donors (Lipinski definition) is 0. The van der Waals surface area contributed by atoms with Crippen molar-refractivity contribution in [3.63, 3.8) is 0 Å². The van der Waals surface area contributed by atoms with E-state index in [1.165, 1.54) is 109 Å². The van der Waals surface area contributed by atoms with Crippen LogP contribution in [-0.2, 0) is 5.41 Å². The smallest absolute Gasteiger partial charge is 0.0622 e. The molecule has 11 aromatic rings. The summed E-state index contributed by atoms with van der Waals surface area (Å²) < 4.78 is 0. The summed E-state index contributed by atoms with van der Waals surface area (Å²) in [4.78, 5) is 0. The molecule has 55 heavy (non-hydrogen) atoms. The molecule has 0 heterocycles. The van der Waals surface area contributed by atoms with Gasteiger partial charge in [-0.3, -0.25) is 0 Å². The van der Waals surface area contributed by atoms with Crippen molar-refractivity contribution in [2.24, 2.45) is 0 Å². The van der Waals surface area contributed by atoms with Crippen molar-refractivity contribution >= 4 is 53.9 Å². The van der Waals surface area contributed by atoms with Gasteiger partial charge in [0.2, 0.25) is 0 Å². The van der Waals surface area contributed by atoms with Gasteiger partial charge in [-0.15, -0.1) is 0 Å². The van der Waals surface area contributed by atoms with Crippen LogP contribution in [0.5, 0.6) is 0 Å². The lowest BCUT2D eigenvalue weighted by atomic mass is 9.67. The van der Waals surface area contributed by atoms with Crippen LogP contribution in [0.15, 0.2) is 206 Å². The van der Waals surface area contributed by atoms with E-state index in [9.17, 15) is 0 Å². The normalized spacial score (nSPS) is 13.2. The van der Waals surface area contributed by atoms with E-state index in [-0.39, 0.29) is 0 Å². The van der Waals surface area contributed by atoms with E-state index < -0.39 is 5.41 Å². The second kappa shape index (κ2) is 11.5. The van der Waals surface area contributed by atoms with Crippen molar-refractivity contribution in [1.29, 1.82) is 0 Å². The maximum atomic E-state index is 2.50. The van der Waals surface area contributed by atoms with Crippen LogP contribution in [0.25, 0.3) is 87.2 Å². The fourth-order valence-corrected chi connectivity index (χ4v) is 9.97. The van der Waals surface area contributed by atoms with Gasteiger partial charge in [0.1, 0.15) is 0 Å². The van der Waals surface area contributed by atoms with E-state index in [1.807, 2.05) is 0 Å². The van der Waals surface area contributed by atoms with E-state index >= 15 is 0 Å². The molecule has 254 valence electrons. The molecule has 0 N–H and O–H groups in total. The Hall–Kier alpha value is -7.02. The molecule has 12 rings (SSSR count). The number of fused-ring (bicyclic) bond motifs is 5. The Kier molecular flexibility index (Phi) is 6.36. The van der Waals surface area contributed by atoms with Crippen molar-refractivity contribution < 1.29 is 0 Å². The lowest BCUT2D eigenvalue weighted by Gasteiger charge is -2.34. The Balaban J connectivity index is 1.14. The van der Waals surface area contributed by atoms with Crippen LogP contribution in [0.4, 0.5) is 0 Å². The first-order chi connectivity index (χ1) is 27.2. The van der Waals surface area contributed by atoms with Crippen LogP contribution in [0.3, 0.4) is 0 Å². The Morgan fingerprint density at radius 1 is 0.255 bits per heavy atom. The summed E-state index contributed by atoms with van der Waals surface area (Å²) in [7, 11) is 0. The summed E-state index contributed by atoms with van der Waals surface area (Å²) in [6.45, 7) is 0. The minimum absolute atomic E-state index is 0.507. The molecule has 0 aliphatic heterocycles. The summed E-state index contributed by atoms with van der Waals surface area (Å²) >= 11 is 0. The van der Waals surface area contributed by atoms with E-state index in [0.29, 0.717) is 0 Å². The zero-order chi connectivity index (χ0) is 36.1. The molecule has 0 heteroatoms. The molecule has 0 saturated heterocycles. The summed E-state index contributed by atoms with van der Waals surface area (Å²) in [5, 5.41) is 12.9. The van der Waals surface area contributed by atoms with Crippen molar-refractivity contribution in [3.8, 4) is 33.4 Å². The SMILES string of the molecule is c1ccc(C2(c3ccccc3)c3cc(-c4cc5ccc6cccc7ccc(c4)c5c67)ccc3-c3cc4c(-c5ccc6ccccc6c5)cccc4cc32)cc1. The molecular formula is C55H34. The molecule has 1 aliphatic rings. The van der Waals surface area contributed by atoms with Crippen molar-refractivity contribution in [3.05, 3.63) is 229 Å². The summed E-state index contributed by atoms with van der Waals surface area (Å²) in [6.07, 6.45) is 0. The van der Waals surface area contributed by atoms with Gasteiger partial charge in [0.05, 0.1) is 5.41 Å². The Morgan fingerprint density at radius 3 is 1.51 bits per heavy atom. The number of rotatable bonds is 4. The van der Waals surface area contributed by atoms with Gasteiger partial charge >= 0.3 is 0 Å². The third-order valence-corrected chi connectivity index (χ3v) is 12.4. The molecule has 0 radical (unpaired) electrons. The molecule has 0 spiro atoms. The maximum absolute atomic E-state index is 2.50. The zero-order valence-corrected chi connectivity index (χ0v) is 30.1. The molecule has 0 nitrogen and oxygen atoms in total. The van der Waals surface area contributed by atoms with E-state index in [0.717, 1.165) is 0 Å². The van der Waals surface area contributed by atoms with Crippen LogP contribution >= 0.6 is 0 Å². The van der Waals surface area contributed by atoms with Gasteiger partial charge in [0.25, 0.3) is 0 Å². The van der Waals surface area contributed by atoms with Crippen LogP contribution in [0.1, 0.15) is 22.3 Å². The van der Waals surface area contributed by atoms with Gasteiger partial charge < -0.3 is 0 Å². The molecule has 0 aromatic heterocycles. The Bertz CT molecular complexity index is 3190. The van der Waals surface area contributed by atoms with Gasteiger partial charge in [0.15, 0.2) is 0 Å². The molecule has 0 fully saturated rings. The summed E-state index contributed by atoms with van der Waals surface area (Å²) in [5.41, 5.74) is 12.3. The summed E-state index contributed by atoms with van der Waals surface area (Å²) in [6, 6.07) is 77.4. The highest BCUT2D eigenvalue weighted by Gasteiger charge is 2.46. The topological polar surface area (TPSA) is 0 Å². The fourth-order valence-electron chi connectivity index (χ4n) is 9.97. The van der Waals surface area contributed by atoms with Crippen LogP contribution in [0, 0.1) is 0 Å². The van der Waals surface area contributed by atoms with E-state index in [1.54, 1.807) is 0 Å². The Morgan fingerprint density at radius 2 is 0.782 bits per heavy atom. The molecule has 0 amide bonds. The molecule has 0 unspecified atom stereocenters. The monoisotopic (exact) mass is 694 g/mol. The lowest BCUT2D eigenvalue weighted by Crippen LogP contribution is -2.28. The van der Waals surface area contributed by atoms with E-state index in [2.05, 4.69) is 206 Å². The van der Waals surface area contributed by atoms with Crippen LogP contribution < -0.4 is 0 Å². The summed E-state index contributed by atoms with van der Waals surface area (Å²) in [5.74, 6) is 0. The second-order valence-corrected chi connectivity index (χ2v) is 15.2. The highest BCUT2D eigenvalue weighted by Crippen LogP contribution is 2.58. The fraction of sp³-hybridized carbons (Fsp3) is 0.0182. The molecule has 0 atom stereocenters. The first-order valence-corrected chi connectivity index (χ1v) is 19.2.